The molecule has 0 bridgehead atoms. The fraction of sp³-hybridized carbons (Fsp3) is 0.333. The highest BCUT2D eigenvalue weighted by Gasteiger charge is 2.51. The molecule has 0 spiro atoms. The molecule has 2 aliphatic rings. The number of amides is 1. The number of benzene rings is 1. The van der Waals surface area contributed by atoms with Crippen LogP contribution in [-0.4, -0.2) is 12.2 Å². The number of nitrogens with one attached hydrogen (secondary N) is 1. The Balaban J connectivity index is 1.78. The summed E-state index contributed by atoms with van der Waals surface area (Å²) in [4.78, 5) is 11.8. The Morgan fingerprint density at radius 3 is 2.63 bits per heavy atom. The standard InChI is InChI=1S/C12H8F2N2O3/c13-12(14)18-8-2-1-7(5-9(8)19-12)16-10(17)11(6-15)3-4-11/h1-2,5H,3-4H2,(H,16,17). The molecule has 0 atom stereocenters. The molecule has 5 nitrogen and oxygen atoms in total. The first-order chi connectivity index (χ1) is 8.94. The largest absolute Gasteiger partial charge is 0.586 e. The minimum Gasteiger partial charge on any atom is -0.395 e. The number of nitriles is 1. The lowest BCUT2D eigenvalue weighted by Crippen LogP contribution is -2.26. The number of nitrogens with zero attached hydrogens (tertiary/aromatic N) is 1. The number of ether oxygens (including phenoxy) is 2. The molecule has 1 aliphatic carbocycles. The molecule has 1 aliphatic heterocycles. The van der Waals surface area contributed by atoms with Gasteiger partial charge < -0.3 is 14.8 Å². The van der Waals surface area contributed by atoms with Crippen molar-refractivity contribution < 1.29 is 23.0 Å². The highest BCUT2D eigenvalue weighted by Crippen LogP contribution is 2.46. The van der Waals surface area contributed by atoms with Crippen molar-refractivity contribution in [3.05, 3.63) is 18.2 Å². The van der Waals surface area contributed by atoms with E-state index in [-0.39, 0.29) is 17.2 Å². The van der Waals surface area contributed by atoms with Gasteiger partial charge in [-0.15, -0.1) is 8.78 Å². The molecular formula is C12H8F2N2O3. The fourth-order valence-corrected chi connectivity index (χ4v) is 1.79. The highest BCUT2D eigenvalue weighted by molar-refractivity contribution is 5.99. The van der Waals surface area contributed by atoms with Crippen molar-refractivity contribution in [2.45, 2.75) is 19.1 Å². The van der Waals surface area contributed by atoms with Crippen molar-refractivity contribution in [3.8, 4) is 17.6 Å². The van der Waals surface area contributed by atoms with Gasteiger partial charge in [-0.2, -0.15) is 5.26 Å². The number of carbonyl (C=O) groups excluding carboxylic acids is 1. The van der Waals surface area contributed by atoms with Gasteiger partial charge in [-0.1, -0.05) is 0 Å². The second-order valence-electron chi connectivity index (χ2n) is 4.48. The maximum absolute atomic E-state index is 12.8. The van der Waals surface area contributed by atoms with E-state index in [0.717, 1.165) is 0 Å². The van der Waals surface area contributed by atoms with Gasteiger partial charge in [0.05, 0.1) is 6.07 Å². The van der Waals surface area contributed by atoms with Gasteiger partial charge in [0.1, 0.15) is 5.41 Å². The number of hydrogen-bond donors (Lipinski definition) is 1. The summed E-state index contributed by atoms with van der Waals surface area (Å²) in [6, 6.07) is 5.87. The average Bonchev–Trinajstić information content (AvgIpc) is 3.07. The minimum atomic E-state index is -3.69. The van der Waals surface area contributed by atoms with E-state index < -0.39 is 17.6 Å². The number of alkyl halides is 2. The number of fused-ring (bicyclic) bond motifs is 1. The van der Waals surface area contributed by atoms with Gasteiger partial charge in [0, 0.05) is 11.8 Å². The van der Waals surface area contributed by atoms with Crippen molar-refractivity contribution in [2.75, 3.05) is 5.32 Å². The van der Waals surface area contributed by atoms with Gasteiger partial charge in [-0.05, 0) is 25.0 Å². The Hall–Kier alpha value is -2.36. The predicted molar refractivity (Wildman–Crippen MR) is 58.6 cm³/mol. The van der Waals surface area contributed by atoms with Crippen LogP contribution < -0.4 is 14.8 Å². The summed E-state index contributed by atoms with van der Waals surface area (Å²) in [5.41, 5.74) is -0.688. The maximum Gasteiger partial charge on any atom is 0.586 e. The molecule has 1 N–H and O–H groups in total. The summed E-state index contributed by atoms with van der Waals surface area (Å²) >= 11 is 0. The number of hydrogen-bond acceptors (Lipinski definition) is 4. The zero-order valence-corrected chi connectivity index (χ0v) is 9.57. The SMILES string of the molecule is N#CC1(C(=O)Nc2ccc3c(c2)OC(F)(F)O3)CC1. The number of carbonyl (C=O) groups is 1. The van der Waals surface area contributed by atoms with Crippen molar-refractivity contribution in [2.24, 2.45) is 5.41 Å². The summed E-state index contributed by atoms with van der Waals surface area (Å²) in [5, 5.41) is 11.4. The van der Waals surface area contributed by atoms with Crippen LogP contribution in [0.3, 0.4) is 0 Å². The van der Waals surface area contributed by atoms with Crippen LogP contribution in [0.15, 0.2) is 18.2 Å². The predicted octanol–water partition coefficient (Wildman–Crippen LogP) is 2.25. The summed E-state index contributed by atoms with van der Waals surface area (Å²) in [5.74, 6) is -0.672. The van der Waals surface area contributed by atoms with E-state index in [9.17, 15) is 13.6 Å². The van der Waals surface area contributed by atoms with Crippen LogP contribution in [0.4, 0.5) is 14.5 Å². The Morgan fingerprint density at radius 1 is 1.32 bits per heavy atom. The Labute approximate surface area is 106 Å². The van der Waals surface area contributed by atoms with Gasteiger partial charge in [0.25, 0.3) is 0 Å². The second-order valence-corrected chi connectivity index (χ2v) is 4.48. The van der Waals surface area contributed by atoms with E-state index in [4.69, 9.17) is 5.26 Å². The van der Waals surface area contributed by atoms with E-state index in [2.05, 4.69) is 14.8 Å². The van der Waals surface area contributed by atoms with Gasteiger partial charge in [0.2, 0.25) is 5.91 Å². The molecule has 1 saturated carbocycles. The van der Waals surface area contributed by atoms with E-state index in [1.807, 2.05) is 6.07 Å². The van der Waals surface area contributed by atoms with Crippen LogP contribution in [-0.2, 0) is 4.79 Å². The van der Waals surface area contributed by atoms with Crippen LogP contribution in [0.25, 0.3) is 0 Å². The van der Waals surface area contributed by atoms with Crippen LogP contribution in [0.1, 0.15) is 12.8 Å². The van der Waals surface area contributed by atoms with Gasteiger partial charge in [-0.25, -0.2) is 0 Å². The van der Waals surface area contributed by atoms with Crippen molar-refractivity contribution >= 4 is 11.6 Å². The molecule has 0 radical (unpaired) electrons. The van der Waals surface area contributed by atoms with Crippen molar-refractivity contribution in [3.63, 3.8) is 0 Å². The lowest BCUT2D eigenvalue weighted by Gasteiger charge is -2.08. The lowest BCUT2D eigenvalue weighted by atomic mass is 10.1. The molecule has 0 unspecified atom stereocenters. The van der Waals surface area contributed by atoms with Crippen LogP contribution in [0.5, 0.6) is 11.5 Å². The minimum absolute atomic E-state index is 0.0931. The zero-order valence-electron chi connectivity index (χ0n) is 9.57. The quantitative estimate of drug-likeness (QED) is 0.891. The summed E-state index contributed by atoms with van der Waals surface area (Å²) in [7, 11) is 0. The highest BCUT2D eigenvalue weighted by atomic mass is 19.3. The zero-order chi connectivity index (χ0) is 13.7. The van der Waals surface area contributed by atoms with E-state index in [0.29, 0.717) is 12.8 Å². The normalized spacial score (nSPS) is 20.5. The molecular weight excluding hydrogens is 258 g/mol. The van der Waals surface area contributed by atoms with E-state index in [1.54, 1.807) is 0 Å². The molecule has 0 aromatic heterocycles. The molecule has 19 heavy (non-hydrogen) atoms. The molecule has 1 aromatic rings. The third kappa shape index (κ3) is 1.95. The van der Waals surface area contributed by atoms with Crippen LogP contribution in [0, 0.1) is 16.7 Å². The molecule has 1 aromatic carbocycles. The number of anilines is 1. The Kier molecular flexibility index (Phi) is 2.20. The van der Waals surface area contributed by atoms with Crippen LogP contribution >= 0.6 is 0 Å². The molecule has 1 heterocycles. The molecule has 7 heteroatoms. The molecule has 1 amide bonds. The monoisotopic (exact) mass is 266 g/mol. The smallest absolute Gasteiger partial charge is 0.395 e. The summed E-state index contributed by atoms with van der Waals surface area (Å²) < 4.78 is 34.1. The third-order valence-corrected chi connectivity index (χ3v) is 3.06. The number of halogens is 2. The van der Waals surface area contributed by atoms with E-state index >= 15 is 0 Å². The molecule has 1 fully saturated rings. The molecule has 0 saturated heterocycles. The number of rotatable bonds is 2. The first kappa shape index (κ1) is 11.7. The average molecular weight is 266 g/mol. The lowest BCUT2D eigenvalue weighted by molar-refractivity contribution is -0.286. The first-order valence-electron chi connectivity index (χ1n) is 5.57. The molecule has 3 rings (SSSR count). The summed E-state index contributed by atoms with van der Waals surface area (Å²) in [6.45, 7) is 0. The molecule has 98 valence electrons. The Bertz CT molecular complexity index is 605. The van der Waals surface area contributed by atoms with Crippen molar-refractivity contribution in [1.29, 1.82) is 5.26 Å². The topological polar surface area (TPSA) is 71.4 Å². The second kappa shape index (κ2) is 3.57. The van der Waals surface area contributed by atoms with Crippen LogP contribution in [0.2, 0.25) is 0 Å². The third-order valence-electron chi connectivity index (χ3n) is 3.06. The first-order valence-corrected chi connectivity index (χ1v) is 5.57. The van der Waals surface area contributed by atoms with Gasteiger partial charge in [-0.3, -0.25) is 4.79 Å². The fourth-order valence-electron chi connectivity index (χ4n) is 1.79. The van der Waals surface area contributed by atoms with Gasteiger partial charge in [0.15, 0.2) is 11.5 Å². The van der Waals surface area contributed by atoms with Gasteiger partial charge >= 0.3 is 6.29 Å². The summed E-state index contributed by atoms with van der Waals surface area (Å²) in [6.07, 6.45) is -2.66. The van der Waals surface area contributed by atoms with Crippen molar-refractivity contribution in [1.82, 2.24) is 0 Å². The van der Waals surface area contributed by atoms with E-state index in [1.165, 1.54) is 18.2 Å². The Morgan fingerprint density at radius 2 is 2.00 bits per heavy atom. The maximum atomic E-state index is 12.8.